The van der Waals surface area contributed by atoms with E-state index in [1.807, 2.05) is 17.0 Å². The number of likely N-dealkylation sites (tertiary alicyclic amines) is 1. The molecule has 0 bridgehead atoms. The Balaban J connectivity index is 1.12. The molecule has 3 aromatic carbocycles. The Bertz CT molecular complexity index is 1870. The standard InChI is InChI=1S/C40H40Cl3NO4/c41-31-17-13-27(14-18-31)21-28(6-5-9-36(45)38-24-37(46)34-22-32(42)23-35(43)40(34)48-38)20-26-11-15-29(16-12-26)33-8-2-1-7-30(33)25-44-19-4-3-10-39(44)47/h1-2,7-8,13-14,17-18,20,22-24,28-29H,3-6,9-12,15-16,19,21,25H2/t28-,29?/m0/s1. The minimum atomic E-state index is -0.340. The summed E-state index contributed by atoms with van der Waals surface area (Å²) in [5.41, 5.74) is 5.18. The van der Waals surface area contributed by atoms with Crippen LogP contribution in [0.15, 0.2) is 87.6 Å². The second-order valence-electron chi connectivity index (χ2n) is 13.2. The van der Waals surface area contributed by atoms with Gasteiger partial charge in [-0.15, -0.1) is 0 Å². The summed E-state index contributed by atoms with van der Waals surface area (Å²) >= 11 is 18.5. The van der Waals surface area contributed by atoms with Gasteiger partial charge in [0.15, 0.2) is 22.6 Å². The molecule has 0 radical (unpaired) electrons. The van der Waals surface area contributed by atoms with Crippen LogP contribution in [0.4, 0.5) is 0 Å². The number of amides is 1. The molecule has 0 spiro atoms. The number of allylic oxidation sites excluding steroid dienone is 2. The number of fused-ring (bicyclic) bond motifs is 1. The molecule has 1 amide bonds. The monoisotopic (exact) mass is 703 g/mol. The molecule has 0 unspecified atom stereocenters. The van der Waals surface area contributed by atoms with Crippen molar-refractivity contribution < 1.29 is 14.0 Å². The summed E-state index contributed by atoms with van der Waals surface area (Å²) < 4.78 is 5.79. The van der Waals surface area contributed by atoms with E-state index >= 15 is 0 Å². The Labute approximate surface area is 296 Å². The number of ketones is 1. The third-order valence-electron chi connectivity index (χ3n) is 9.79. The van der Waals surface area contributed by atoms with E-state index in [1.54, 1.807) is 0 Å². The molecule has 1 saturated carbocycles. The molecular formula is C40H40Cl3NO4. The zero-order valence-electron chi connectivity index (χ0n) is 27.0. The van der Waals surface area contributed by atoms with Gasteiger partial charge in [-0.25, -0.2) is 0 Å². The van der Waals surface area contributed by atoms with Crippen LogP contribution >= 0.6 is 34.8 Å². The number of hydrogen-bond acceptors (Lipinski definition) is 4. The third-order valence-corrected chi connectivity index (χ3v) is 10.5. The summed E-state index contributed by atoms with van der Waals surface area (Å²) in [7, 11) is 0. The van der Waals surface area contributed by atoms with E-state index in [9.17, 15) is 14.4 Å². The average Bonchev–Trinajstić information content (AvgIpc) is 3.08. The lowest BCUT2D eigenvalue weighted by Gasteiger charge is -2.31. The maximum Gasteiger partial charge on any atom is 0.222 e. The Kier molecular flexibility index (Phi) is 11.4. The van der Waals surface area contributed by atoms with Crippen molar-refractivity contribution in [3.63, 3.8) is 0 Å². The minimum absolute atomic E-state index is 0.0209. The van der Waals surface area contributed by atoms with Crippen LogP contribution in [0.25, 0.3) is 11.0 Å². The summed E-state index contributed by atoms with van der Waals surface area (Å²) in [5.74, 6) is 0.806. The van der Waals surface area contributed by atoms with Gasteiger partial charge in [-0.3, -0.25) is 14.4 Å². The number of Topliss-reactive ketones (excluding diaryl/α,β-unsaturated/α-hetero) is 1. The van der Waals surface area contributed by atoms with Crippen LogP contribution in [0.3, 0.4) is 0 Å². The second-order valence-corrected chi connectivity index (χ2v) is 14.5. The lowest BCUT2D eigenvalue weighted by atomic mass is 9.78. The van der Waals surface area contributed by atoms with Crippen molar-refractivity contribution in [1.29, 1.82) is 0 Å². The van der Waals surface area contributed by atoms with Crippen LogP contribution in [0.1, 0.15) is 97.4 Å². The molecule has 2 aliphatic rings. The van der Waals surface area contributed by atoms with Crippen LogP contribution < -0.4 is 5.43 Å². The molecule has 4 aromatic rings. The van der Waals surface area contributed by atoms with Crippen molar-refractivity contribution in [3.8, 4) is 0 Å². The fraction of sp³-hybridized carbons (Fsp3) is 0.375. The Morgan fingerprint density at radius 1 is 0.917 bits per heavy atom. The smallest absolute Gasteiger partial charge is 0.222 e. The Hall–Kier alpha value is -3.38. The topological polar surface area (TPSA) is 67.6 Å². The van der Waals surface area contributed by atoms with E-state index in [0.717, 1.165) is 57.9 Å². The first-order chi connectivity index (χ1) is 23.2. The first-order valence-electron chi connectivity index (χ1n) is 17.0. The molecule has 250 valence electrons. The first kappa shape index (κ1) is 34.5. The van der Waals surface area contributed by atoms with Crippen LogP contribution in [0.2, 0.25) is 15.1 Å². The molecule has 8 heteroatoms. The van der Waals surface area contributed by atoms with E-state index in [0.29, 0.717) is 35.3 Å². The van der Waals surface area contributed by atoms with Crippen molar-refractivity contribution >= 4 is 57.5 Å². The zero-order valence-corrected chi connectivity index (χ0v) is 29.3. The van der Waals surface area contributed by atoms with E-state index in [-0.39, 0.29) is 51.2 Å². The number of carbonyl (C=O) groups excluding carboxylic acids is 2. The number of nitrogens with zero attached hydrogens (tertiary/aromatic N) is 1. The predicted octanol–water partition coefficient (Wildman–Crippen LogP) is 10.8. The van der Waals surface area contributed by atoms with Gasteiger partial charge in [-0.1, -0.05) is 82.9 Å². The molecule has 6 rings (SSSR count). The van der Waals surface area contributed by atoms with Crippen molar-refractivity contribution in [2.45, 2.75) is 83.1 Å². The fourth-order valence-corrected chi connectivity index (χ4v) is 7.90. The van der Waals surface area contributed by atoms with Gasteiger partial charge in [0, 0.05) is 42.0 Å². The third kappa shape index (κ3) is 8.61. The lowest BCUT2D eigenvalue weighted by Crippen LogP contribution is -2.35. The van der Waals surface area contributed by atoms with Gasteiger partial charge in [-0.2, -0.15) is 0 Å². The summed E-state index contributed by atoms with van der Waals surface area (Å²) in [6.45, 7) is 1.56. The van der Waals surface area contributed by atoms with Crippen molar-refractivity contribution in [2.24, 2.45) is 5.92 Å². The molecule has 1 aromatic heterocycles. The van der Waals surface area contributed by atoms with E-state index in [1.165, 1.54) is 40.5 Å². The number of hydrogen-bond donors (Lipinski definition) is 0. The maximum atomic E-state index is 13.2. The number of piperidine rings is 1. The zero-order chi connectivity index (χ0) is 33.6. The van der Waals surface area contributed by atoms with E-state index < -0.39 is 0 Å². The quantitative estimate of drug-likeness (QED) is 0.115. The van der Waals surface area contributed by atoms with Gasteiger partial charge < -0.3 is 9.32 Å². The molecule has 1 aliphatic carbocycles. The minimum Gasteiger partial charge on any atom is -0.451 e. The summed E-state index contributed by atoms with van der Waals surface area (Å²) in [6, 6.07) is 20.9. The van der Waals surface area contributed by atoms with E-state index in [4.69, 9.17) is 39.2 Å². The summed E-state index contributed by atoms with van der Waals surface area (Å²) in [6.07, 6.45) is 12.0. The second kappa shape index (κ2) is 15.9. The number of carbonyl (C=O) groups is 2. The lowest BCUT2D eigenvalue weighted by molar-refractivity contribution is -0.133. The molecule has 5 nitrogen and oxygen atoms in total. The van der Waals surface area contributed by atoms with Crippen LogP contribution in [-0.2, 0) is 17.8 Å². The molecule has 2 fully saturated rings. The van der Waals surface area contributed by atoms with Gasteiger partial charge in [0.2, 0.25) is 5.91 Å². The largest absolute Gasteiger partial charge is 0.451 e. The highest BCUT2D eigenvalue weighted by Crippen LogP contribution is 2.38. The Morgan fingerprint density at radius 2 is 1.69 bits per heavy atom. The normalized spacial score (nSPS) is 17.5. The van der Waals surface area contributed by atoms with Gasteiger partial charge in [0.25, 0.3) is 0 Å². The highest BCUT2D eigenvalue weighted by molar-refractivity contribution is 6.38. The van der Waals surface area contributed by atoms with Gasteiger partial charge in [0.1, 0.15) is 0 Å². The van der Waals surface area contributed by atoms with E-state index in [2.05, 4.69) is 42.5 Å². The van der Waals surface area contributed by atoms with Gasteiger partial charge >= 0.3 is 0 Å². The molecule has 48 heavy (non-hydrogen) atoms. The van der Waals surface area contributed by atoms with Gasteiger partial charge in [-0.05, 0) is 111 Å². The SMILES string of the molecule is O=C(CCC[C@@H](C=C1CCC(c2ccccc2CN2CCCCC2=O)CC1)Cc1ccc(Cl)cc1)c1cc(=O)c2cc(Cl)cc(Cl)c2o1. The highest BCUT2D eigenvalue weighted by atomic mass is 35.5. The van der Waals surface area contributed by atoms with Crippen LogP contribution in [0, 0.1) is 5.92 Å². The van der Waals surface area contributed by atoms with Crippen molar-refractivity contribution in [1.82, 2.24) is 4.90 Å². The first-order valence-corrected chi connectivity index (χ1v) is 18.1. The van der Waals surface area contributed by atoms with Crippen molar-refractivity contribution in [3.05, 3.63) is 126 Å². The van der Waals surface area contributed by atoms with Crippen LogP contribution in [-0.4, -0.2) is 23.1 Å². The molecule has 1 saturated heterocycles. The number of halogens is 3. The Morgan fingerprint density at radius 3 is 2.46 bits per heavy atom. The summed E-state index contributed by atoms with van der Waals surface area (Å²) in [4.78, 5) is 40.4. The molecule has 1 atom stereocenters. The number of rotatable bonds is 11. The molecular weight excluding hydrogens is 665 g/mol. The maximum absolute atomic E-state index is 13.2. The molecule has 2 heterocycles. The molecule has 0 N–H and O–H groups in total. The summed E-state index contributed by atoms with van der Waals surface area (Å²) in [5, 5.41) is 1.51. The van der Waals surface area contributed by atoms with Crippen molar-refractivity contribution in [2.75, 3.05) is 6.54 Å². The van der Waals surface area contributed by atoms with Crippen LogP contribution in [0.5, 0.6) is 0 Å². The predicted molar refractivity (Wildman–Crippen MR) is 194 cm³/mol. The highest BCUT2D eigenvalue weighted by Gasteiger charge is 2.24. The average molecular weight is 705 g/mol. The number of benzene rings is 3. The fourth-order valence-electron chi connectivity index (χ4n) is 7.25. The van der Waals surface area contributed by atoms with Gasteiger partial charge in [0.05, 0.1) is 10.4 Å². The molecule has 1 aliphatic heterocycles.